The van der Waals surface area contributed by atoms with Crippen molar-refractivity contribution in [3.8, 4) is 16.9 Å². The Morgan fingerprint density at radius 2 is 1.42 bits per heavy atom. The number of carbonyl (C=O) groups excluding carboxylic acids is 3. The summed E-state index contributed by atoms with van der Waals surface area (Å²) < 4.78 is 29.6. The topological polar surface area (TPSA) is 101 Å². The molecule has 0 aliphatic carbocycles. The zero-order valence-electron chi connectivity index (χ0n) is 26.8. The summed E-state index contributed by atoms with van der Waals surface area (Å²) in [5.74, 6) is -0.133. The fourth-order valence-electron chi connectivity index (χ4n) is 4.74. The molecule has 1 aliphatic heterocycles. The second-order valence-corrected chi connectivity index (χ2v) is 12.8. The lowest BCUT2D eigenvalue weighted by Crippen LogP contribution is -2.53. The van der Waals surface area contributed by atoms with Gasteiger partial charge >= 0.3 is 18.2 Å². The van der Waals surface area contributed by atoms with Crippen LogP contribution in [0.1, 0.15) is 81.1 Å². The minimum absolute atomic E-state index is 0.147. The molecule has 1 saturated heterocycles. The van der Waals surface area contributed by atoms with Gasteiger partial charge in [0.1, 0.15) is 29.1 Å². The van der Waals surface area contributed by atoms with E-state index in [2.05, 4.69) is 0 Å². The van der Waals surface area contributed by atoms with E-state index in [1.54, 1.807) is 48.5 Å². The second-order valence-electron chi connectivity index (χ2n) is 12.8. The lowest BCUT2D eigenvalue weighted by Gasteiger charge is -2.33. The summed E-state index contributed by atoms with van der Waals surface area (Å²) in [6.45, 7) is 14.4. The summed E-state index contributed by atoms with van der Waals surface area (Å²) in [4.78, 5) is 41.0. The highest BCUT2D eigenvalue weighted by Crippen LogP contribution is 2.29. The number of hydrogen-bond acceptors (Lipinski definition) is 8. The Hall–Kier alpha value is -3.59. The van der Waals surface area contributed by atoms with Gasteiger partial charge in [0, 0.05) is 6.61 Å². The number of hydrogen-bond donors (Lipinski definition) is 0. The van der Waals surface area contributed by atoms with Crippen LogP contribution < -0.4 is 4.74 Å². The van der Waals surface area contributed by atoms with Crippen molar-refractivity contribution in [1.29, 1.82) is 0 Å². The first-order valence-corrected chi connectivity index (χ1v) is 15.1. The molecule has 4 atom stereocenters. The van der Waals surface area contributed by atoms with Crippen LogP contribution in [0.5, 0.6) is 5.75 Å². The molecule has 9 heteroatoms. The molecule has 1 fully saturated rings. The molecule has 0 unspecified atom stereocenters. The minimum Gasteiger partial charge on any atom is -0.484 e. The number of ether oxygens (including phenoxy) is 5. The smallest absolute Gasteiger partial charge is 0.420 e. The maximum atomic E-state index is 13.7. The maximum absolute atomic E-state index is 13.7. The van der Waals surface area contributed by atoms with E-state index in [1.165, 1.54) is 0 Å². The van der Waals surface area contributed by atoms with E-state index in [-0.39, 0.29) is 6.42 Å². The van der Waals surface area contributed by atoms with E-state index >= 15 is 0 Å². The van der Waals surface area contributed by atoms with E-state index in [1.807, 2.05) is 61.5 Å². The molecule has 2 aromatic carbocycles. The molecule has 1 heterocycles. The number of rotatable bonds is 7. The van der Waals surface area contributed by atoms with Crippen molar-refractivity contribution in [2.45, 2.75) is 117 Å². The summed E-state index contributed by atoms with van der Waals surface area (Å²) in [7, 11) is 0. The SMILES string of the molecule is CCCO[C@H]1CCC[C@H](N(C(=O)OC(C)(C)C)C(=O)OC(C)(C)C)C(=O)O[C@@H](C)[C@@H]1Oc1ccc(-c2ccccc2)cc1. The van der Waals surface area contributed by atoms with Crippen molar-refractivity contribution in [2.75, 3.05) is 6.61 Å². The first kappa shape index (κ1) is 33.9. The molecular weight excluding hydrogens is 550 g/mol. The van der Waals surface area contributed by atoms with Gasteiger partial charge in [-0.2, -0.15) is 4.90 Å². The van der Waals surface area contributed by atoms with E-state index in [0.29, 0.717) is 25.2 Å². The second kappa shape index (κ2) is 14.7. The molecule has 236 valence electrons. The first-order valence-electron chi connectivity index (χ1n) is 15.1. The zero-order chi connectivity index (χ0) is 31.8. The molecule has 9 nitrogen and oxygen atoms in total. The molecule has 0 spiro atoms. The predicted molar refractivity (Wildman–Crippen MR) is 164 cm³/mol. The van der Waals surface area contributed by atoms with Gasteiger partial charge in [-0.25, -0.2) is 14.4 Å². The average Bonchev–Trinajstić information content (AvgIpc) is 2.96. The van der Waals surface area contributed by atoms with Crippen LogP contribution in [0.15, 0.2) is 54.6 Å². The highest BCUT2D eigenvalue weighted by atomic mass is 16.6. The van der Waals surface area contributed by atoms with E-state index in [0.717, 1.165) is 22.4 Å². The number of carbonyl (C=O) groups is 3. The van der Waals surface area contributed by atoms with Gasteiger partial charge in [-0.1, -0.05) is 49.4 Å². The van der Waals surface area contributed by atoms with Gasteiger partial charge in [-0.15, -0.1) is 0 Å². The Bertz CT molecular complexity index is 1170. The average molecular weight is 598 g/mol. The van der Waals surface area contributed by atoms with Crippen LogP contribution in [0.3, 0.4) is 0 Å². The Morgan fingerprint density at radius 3 is 1.95 bits per heavy atom. The fraction of sp³-hybridized carbons (Fsp3) is 0.559. The van der Waals surface area contributed by atoms with Crippen molar-refractivity contribution in [1.82, 2.24) is 4.90 Å². The lowest BCUT2D eigenvalue weighted by atomic mass is 10.0. The first-order chi connectivity index (χ1) is 20.2. The van der Waals surface area contributed by atoms with Crippen molar-refractivity contribution in [3.05, 3.63) is 54.6 Å². The van der Waals surface area contributed by atoms with Gasteiger partial charge in [0.15, 0.2) is 6.10 Å². The van der Waals surface area contributed by atoms with Gasteiger partial charge in [-0.3, -0.25) is 0 Å². The molecule has 2 aromatic rings. The molecule has 0 N–H and O–H groups in total. The van der Waals surface area contributed by atoms with Gasteiger partial charge < -0.3 is 23.7 Å². The summed E-state index contributed by atoms with van der Waals surface area (Å²) in [6, 6.07) is 16.5. The zero-order valence-corrected chi connectivity index (χ0v) is 26.8. The van der Waals surface area contributed by atoms with Crippen LogP contribution >= 0.6 is 0 Å². The Balaban J connectivity index is 1.88. The number of nitrogens with zero attached hydrogens (tertiary/aromatic N) is 1. The largest absolute Gasteiger partial charge is 0.484 e. The van der Waals surface area contributed by atoms with Crippen LogP contribution in [-0.2, 0) is 23.7 Å². The lowest BCUT2D eigenvalue weighted by molar-refractivity contribution is -0.162. The van der Waals surface area contributed by atoms with Crippen molar-refractivity contribution in [3.63, 3.8) is 0 Å². The van der Waals surface area contributed by atoms with Crippen LogP contribution in [0, 0.1) is 0 Å². The molecule has 2 amide bonds. The Kier molecular flexibility index (Phi) is 11.6. The molecule has 0 bridgehead atoms. The standard InChI is InChI=1S/C34H47NO8/c1-9-22-39-28-17-13-16-27(35(31(37)42-33(3,4)5)32(38)43-34(6,7)8)30(36)40-23(2)29(28)41-26-20-18-25(19-21-26)24-14-11-10-12-15-24/h10-12,14-15,18-21,23,27-29H,9,13,16-17,22H2,1-8H3/t23-,27-,28-,29-/m0/s1. The summed E-state index contributed by atoms with van der Waals surface area (Å²) >= 11 is 0. The molecule has 0 aromatic heterocycles. The van der Waals surface area contributed by atoms with Gasteiger partial charge in [-0.05, 0) is 97.4 Å². The monoisotopic (exact) mass is 597 g/mol. The van der Waals surface area contributed by atoms with Crippen LogP contribution in [0.25, 0.3) is 11.1 Å². The third-order valence-corrected chi connectivity index (χ3v) is 6.63. The van der Waals surface area contributed by atoms with Gasteiger partial charge in [0.2, 0.25) is 0 Å². The number of amides is 2. The number of imide groups is 1. The summed E-state index contributed by atoms with van der Waals surface area (Å²) in [5.41, 5.74) is 0.337. The van der Waals surface area contributed by atoms with Crippen molar-refractivity contribution < 1.29 is 38.1 Å². The summed E-state index contributed by atoms with van der Waals surface area (Å²) in [6.07, 6.45) is -1.81. The third-order valence-electron chi connectivity index (χ3n) is 6.63. The number of cyclic esters (lactones) is 1. The fourth-order valence-corrected chi connectivity index (χ4v) is 4.74. The molecule has 0 radical (unpaired) electrons. The van der Waals surface area contributed by atoms with Gasteiger partial charge in [0.05, 0.1) is 6.10 Å². The molecule has 43 heavy (non-hydrogen) atoms. The normalized spacial score (nSPS) is 21.4. The van der Waals surface area contributed by atoms with E-state index < -0.39 is 53.7 Å². The summed E-state index contributed by atoms with van der Waals surface area (Å²) in [5, 5.41) is 0. The van der Waals surface area contributed by atoms with Crippen molar-refractivity contribution >= 4 is 18.2 Å². The van der Waals surface area contributed by atoms with Crippen LogP contribution in [0.4, 0.5) is 9.59 Å². The Morgan fingerprint density at radius 1 is 0.860 bits per heavy atom. The van der Waals surface area contributed by atoms with Crippen molar-refractivity contribution in [2.24, 2.45) is 0 Å². The predicted octanol–water partition coefficient (Wildman–Crippen LogP) is 7.55. The maximum Gasteiger partial charge on any atom is 0.420 e. The third kappa shape index (κ3) is 10.3. The quantitative estimate of drug-likeness (QED) is 0.238. The number of benzene rings is 2. The molecule has 0 saturated carbocycles. The van der Waals surface area contributed by atoms with Crippen LogP contribution in [-0.4, -0.2) is 65.2 Å². The van der Waals surface area contributed by atoms with E-state index in [9.17, 15) is 14.4 Å². The van der Waals surface area contributed by atoms with E-state index in [4.69, 9.17) is 23.7 Å². The molecular formula is C34H47NO8. The van der Waals surface area contributed by atoms with Crippen LogP contribution in [0.2, 0.25) is 0 Å². The Labute approximate surface area is 255 Å². The number of esters is 1. The van der Waals surface area contributed by atoms with Gasteiger partial charge in [0.25, 0.3) is 0 Å². The molecule has 3 rings (SSSR count). The molecule has 1 aliphatic rings. The highest BCUT2D eigenvalue weighted by Gasteiger charge is 2.44. The minimum atomic E-state index is -1.25. The highest BCUT2D eigenvalue weighted by molar-refractivity contribution is 5.94.